The molecule has 1 aromatic carbocycles. The highest BCUT2D eigenvalue weighted by atomic mass is 19.4. The minimum atomic E-state index is -4.62. The van der Waals surface area contributed by atoms with Crippen molar-refractivity contribution < 1.29 is 31.1 Å². The average molecular weight is 377 g/mol. The number of anilines is 2. The molecule has 0 saturated carbocycles. The highest BCUT2D eigenvalue weighted by Crippen LogP contribution is 2.34. The molecule has 10 heteroatoms. The van der Waals surface area contributed by atoms with Crippen LogP contribution in [0, 0.1) is 13.8 Å². The lowest BCUT2D eigenvalue weighted by Gasteiger charge is -2.15. The van der Waals surface area contributed by atoms with Gasteiger partial charge < -0.3 is 10.6 Å². The van der Waals surface area contributed by atoms with Crippen LogP contribution in [0.3, 0.4) is 0 Å². The van der Waals surface area contributed by atoms with E-state index in [9.17, 15) is 31.1 Å². The van der Waals surface area contributed by atoms with E-state index in [2.05, 4.69) is 15.6 Å². The van der Waals surface area contributed by atoms with Crippen molar-refractivity contribution in [2.45, 2.75) is 26.2 Å². The lowest BCUT2D eigenvalue weighted by molar-refractivity contribution is -0.141. The molecule has 0 fully saturated rings. The van der Waals surface area contributed by atoms with Crippen molar-refractivity contribution in [1.29, 1.82) is 0 Å². The largest absolute Gasteiger partial charge is 0.433 e. The zero-order valence-electron chi connectivity index (χ0n) is 13.5. The van der Waals surface area contributed by atoms with Crippen molar-refractivity contribution in [1.82, 2.24) is 4.98 Å². The van der Waals surface area contributed by atoms with Crippen molar-refractivity contribution in [3.05, 3.63) is 52.8 Å². The Morgan fingerprint density at radius 2 is 1.50 bits per heavy atom. The van der Waals surface area contributed by atoms with Gasteiger partial charge in [0.05, 0.1) is 16.9 Å². The van der Waals surface area contributed by atoms with Gasteiger partial charge in [0.1, 0.15) is 5.69 Å². The van der Waals surface area contributed by atoms with Crippen LogP contribution in [0.2, 0.25) is 0 Å². The van der Waals surface area contributed by atoms with Gasteiger partial charge in [0.15, 0.2) is 0 Å². The Kier molecular flexibility index (Phi) is 5.15. The van der Waals surface area contributed by atoms with Gasteiger partial charge in [-0.05, 0) is 43.7 Å². The monoisotopic (exact) mass is 377 g/mol. The molecule has 2 amide bonds. The normalized spacial score (nSPS) is 12.0. The molecule has 2 aromatic rings. The molecular weight excluding hydrogens is 364 g/mol. The fourth-order valence-corrected chi connectivity index (χ4v) is 2.21. The molecule has 0 aliphatic heterocycles. The first kappa shape index (κ1) is 19.5. The highest BCUT2D eigenvalue weighted by molar-refractivity contribution is 6.00. The van der Waals surface area contributed by atoms with Gasteiger partial charge in [0, 0.05) is 5.69 Å². The van der Waals surface area contributed by atoms with Crippen molar-refractivity contribution in [3.8, 4) is 0 Å². The number of hydrogen-bond donors (Lipinski definition) is 2. The van der Waals surface area contributed by atoms with Gasteiger partial charge in [-0.2, -0.15) is 26.3 Å². The van der Waals surface area contributed by atoms with Crippen LogP contribution in [0.25, 0.3) is 0 Å². The molecule has 2 rings (SSSR count). The number of hydrogen-bond acceptors (Lipinski definition) is 2. The molecular formula is C16H13F6N3O. The van der Waals surface area contributed by atoms with Crippen molar-refractivity contribution in [2.75, 3.05) is 10.6 Å². The summed E-state index contributed by atoms with van der Waals surface area (Å²) < 4.78 is 76.3. The number of nitrogens with one attached hydrogen (secondary N) is 2. The predicted octanol–water partition coefficient (Wildman–Crippen LogP) is 5.38. The van der Waals surface area contributed by atoms with Crippen molar-refractivity contribution in [3.63, 3.8) is 0 Å². The van der Waals surface area contributed by atoms with E-state index in [1.807, 2.05) is 0 Å². The minimum absolute atomic E-state index is 0.000119. The summed E-state index contributed by atoms with van der Waals surface area (Å²) in [7, 11) is 0. The lowest BCUT2D eigenvalue weighted by Crippen LogP contribution is -2.22. The van der Waals surface area contributed by atoms with Gasteiger partial charge in [0.2, 0.25) is 0 Å². The molecule has 0 bridgehead atoms. The number of carbonyl (C=O) groups is 1. The summed E-state index contributed by atoms with van der Waals surface area (Å²) in [6.45, 7) is 2.46. The van der Waals surface area contributed by atoms with Crippen LogP contribution >= 0.6 is 0 Å². The van der Waals surface area contributed by atoms with Gasteiger partial charge in [0.25, 0.3) is 0 Å². The molecule has 140 valence electrons. The summed E-state index contributed by atoms with van der Waals surface area (Å²) in [5.41, 5.74) is -2.36. The molecule has 0 spiro atoms. The number of nitrogens with zero attached hydrogens (tertiary/aromatic N) is 1. The SMILES string of the molecule is Cc1nc(C(F)(F)F)ccc1NC(=O)Nc1cccc(C(F)(F)F)c1C. The van der Waals surface area contributed by atoms with Crippen LogP contribution in [0.4, 0.5) is 42.5 Å². The van der Waals surface area contributed by atoms with Gasteiger partial charge in [-0.25, -0.2) is 9.78 Å². The Hall–Kier alpha value is -2.78. The second-order valence-corrected chi connectivity index (χ2v) is 5.38. The van der Waals surface area contributed by atoms with Crippen molar-refractivity contribution in [2.24, 2.45) is 0 Å². The number of halogens is 6. The fraction of sp³-hybridized carbons (Fsp3) is 0.250. The molecule has 0 saturated heterocycles. The van der Waals surface area contributed by atoms with E-state index in [0.29, 0.717) is 6.07 Å². The second-order valence-electron chi connectivity index (χ2n) is 5.38. The molecule has 0 aliphatic carbocycles. The Morgan fingerprint density at radius 3 is 2.04 bits per heavy atom. The fourth-order valence-electron chi connectivity index (χ4n) is 2.21. The van der Waals surface area contributed by atoms with Crippen LogP contribution < -0.4 is 10.6 Å². The summed E-state index contributed by atoms with van der Waals surface area (Å²) >= 11 is 0. The van der Waals surface area contributed by atoms with Gasteiger partial charge in [-0.1, -0.05) is 6.07 Å². The number of amides is 2. The summed E-state index contributed by atoms with van der Waals surface area (Å²) in [6.07, 6.45) is -9.20. The molecule has 0 atom stereocenters. The standard InChI is InChI=1S/C16H13F6N3O/c1-8-10(15(17,18)19)4-3-5-11(8)24-14(26)25-12-6-7-13(16(20,21)22)23-9(12)2/h3-7H,1-2H3,(H2,24,25,26). The third-order valence-corrected chi connectivity index (χ3v) is 3.51. The van der Waals surface area contributed by atoms with E-state index < -0.39 is 29.6 Å². The van der Waals surface area contributed by atoms with E-state index in [4.69, 9.17) is 0 Å². The summed E-state index contributed by atoms with van der Waals surface area (Å²) in [4.78, 5) is 15.3. The Labute approximate surface area is 144 Å². The molecule has 2 N–H and O–H groups in total. The molecule has 0 radical (unpaired) electrons. The van der Waals surface area contributed by atoms with Gasteiger partial charge in [-0.15, -0.1) is 0 Å². The predicted molar refractivity (Wildman–Crippen MR) is 82.8 cm³/mol. The zero-order valence-corrected chi connectivity index (χ0v) is 13.5. The van der Waals surface area contributed by atoms with E-state index in [-0.39, 0.29) is 22.6 Å². The first-order valence-electron chi connectivity index (χ1n) is 7.19. The minimum Gasteiger partial charge on any atom is -0.307 e. The van der Waals surface area contributed by atoms with Crippen LogP contribution in [0.5, 0.6) is 0 Å². The number of rotatable bonds is 2. The first-order valence-corrected chi connectivity index (χ1v) is 7.19. The number of carbonyl (C=O) groups excluding carboxylic acids is 1. The second kappa shape index (κ2) is 6.85. The summed E-state index contributed by atoms with van der Waals surface area (Å²) in [5, 5.41) is 4.50. The molecule has 26 heavy (non-hydrogen) atoms. The Morgan fingerprint density at radius 1 is 0.885 bits per heavy atom. The van der Waals surface area contributed by atoms with E-state index in [0.717, 1.165) is 18.2 Å². The molecule has 1 heterocycles. The number of urea groups is 1. The summed E-state index contributed by atoms with van der Waals surface area (Å²) in [6, 6.07) is 4.10. The highest BCUT2D eigenvalue weighted by Gasteiger charge is 2.33. The van der Waals surface area contributed by atoms with E-state index in [1.54, 1.807) is 0 Å². The van der Waals surface area contributed by atoms with Crippen LogP contribution in [0.15, 0.2) is 30.3 Å². The lowest BCUT2D eigenvalue weighted by atomic mass is 10.1. The number of pyridine rings is 1. The Bertz CT molecular complexity index is 830. The molecule has 0 aliphatic rings. The van der Waals surface area contributed by atoms with Gasteiger partial charge in [-0.3, -0.25) is 0 Å². The van der Waals surface area contributed by atoms with Crippen LogP contribution in [0.1, 0.15) is 22.5 Å². The number of alkyl halides is 6. The third kappa shape index (κ3) is 4.44. The number of aryl methyl sites for hydroxylation is 1. The maximum Gasteiger partial charge on any atom is 0.433 e. The maximum absolute atomic E-state index is 12.9. The quantitative estimate of drug-likeness (QED) is 0.691. The number of aromatic nitrogens is 1. The zero-order chi connectivity index (χ0) is 19.7. The van der Waals surface area contributed by atoms with Crippen LogP contribution in [-0.2, 0) is 12.4 Å². The van der Waals surface area contributed by atoms with Crippen LogP contribution in [-0.4, -0.2) is 11.0 Å². The smallest absolute Gasteiger partial charge is 0.307 e. The topological polar surface area (TPSA) is 54.0 Å². The third-order valence-electron chi connectivity index (χ3n) is 3.51. The molecule has 4 nitrogen and oxygen atoms in total. The van der Waals surface area contributed by atoms with E-state index in [1.165, 1.54) is 19.9 Å². The van der Waals surface area contributed by atoms with Crippen molar-refractivity contribution >= 4 is 17.4 Å². The first-order chi connectivity index (χ1) is 11.9. The maximum atomic E-state index is 12.9. The van der Waals surface area contributed by atoms with Gasteiger partial charge >= 0.3 is 18.4 Å². The van der Waals surface area contributed by atoms with E-state index >= 15 is 0 Å². The molecule has 1 aromatic heterocycles. The molecule has 0 unspecified atom stereocenters. The number of benzene rings is 1. The average Bonchev–Trinajstić information content (AvgIpc) is 2.49. The summed E-state index contributed by atoms with van der Waals surface area (Å²) in [5.74, 6) is 0. The Balaban J connectivity index is 2.18.